The Morgan fingerprint density at radius 3 is 2.62 bits per heavy atom. The molecule has 170 valence electrons. The van der Waals surface area contributed by atoms with Crippen LogP contribution in [0.25, 0.3) is 10.2 Å². The maximum atomic E-state index is 12.5. The molecule has 0 atom stereocenters. The Morgan fingerprint density at radius 2 is 1.91 bits per heavy atom. The van der Waals surface area contributed by atoms with E-state index < -0.39 is 10.8 Å². The van der Waals surface area contributed by atoms with Gasteiger partial charge in [0.2, 0.25) is 11.0 Å². The fraction of sp³-hybridized carbons (Fsp3) is 0.0455. The smallest absolute Gasteiger partial charge is 0.271 e. The molecule has 0 saturated carbocycles. The Hall–Kier alpha value is -4.22. The second-order valence-corrected chi connectivity index (χ2v) is 8.11. The molecule has 3 aromatic carbocycles. The topological polar surface area (TPSA) is 131 Å². The number of nitrogens with zero attached hydrogens (tertiary/aromatic N) is 5. The van der Waals surface area contributed by atoms with Crippen LogP contribution in [0.1, 0.15) is 15.9 Å². The van der Waals surface area contributed by atoms with Gasteiger partial charge in [-0.15, -0.1) is 15.3 Å². The van der Waals surface area contributed by atoms with Crippen molar-refractivity contribution in [3.05, 3.63) is 93.0 Å². The molecule has 0 saturated heterocycles. The van der Waals surface area contributed by atoms with Crippen LogP contribution in [0, 0.1) is 10.1 Å². The molecule has 0 aliphatic carbocycles. The van der Waals surface area contributed by atoms with E-state index in [4.69, 9.17) is 16.3 Å². The number of ether oxygens (including phenoxy) is 1. The summed E-state index contributed by atoms with van der Waals surface area (Å²) >= 11 is 7.60. The maximum absolute atomic E-state index is 12.5. The summed E-state index contributed by atoms with van der Waals surface area (Å²) in [5, 5.41) is 24.0. The zero-order chi connectivity index (χ0) is 24.1. The van der Waals surface area contributed by atoms with Crippen molar-refractivity contribution in [1.29, 1.82) is 0 Å². The molecule has 0 aliphatic heterocycles. The molecular formula is C22H15ClN6O4S. The average molecular weight is 495 g/mol. The van der Waals surface area contributed by atoms with E-state index in [1.807, 2.05) is 12.1 Å². The van der Waals surface area contributed by atoms with Crippen LogP contribution in [-0.4, -0.2) is 28.8 Å². The molecule has 4 aromatic rings. The number of carbonyl (C=O) groups excluding carboxylic acids is 1. The SMILES string of the molecule is COc1ccc2nc(N=N/C(=N/NC(=O)c3ccc([N+](=O)[O-])cc3)c3ccccc3Cl)sc2c1. The third kappa shape index (κ3) is 5.22. The highest BCUT2D eigenvalue weighted by atomic mass is 35.5. The molecule has 12 heteroatoms. The summed E-state index contributed by atoms with van der Waals surface area (Å²) < 4.78 is 6.10. The van der Waals surface area contributed by atoms with Gasteiger partial charge in [-0.1, -0.05) is 35.1 Å². The number of carbonyl (C=O) groups is 1. The lowest BCUT2D eigenvalue weighted by atomic mass is 10.2. The van der Waals surface area contributed by atoms with Gasteiger partial charge >= 0.3 is 0 Å². The first-order valence-corrected chi connectivity index (χ1v) is 10.9. The number of nitro benzene ring substituents is 1. The van der Waals surface area contributed by atoms with Crippen LogP contribution in [0.15, 0.2) is 82.1 Å². The Morgan fingerprint density at radius 1 is 1.15 bits per heavy atom. The molecule has 4 rings (SSSR count). The summed E-state index contributed by atoms with van der Waals surface area (Å²) in [7, 11) is 1.58. The summed E-state index contributed by atoms with van der Waals surface area (Å²) in [5.41, 5.74) is 3.63. The third-order valence-electron chi connectivity index (χ3n) is 4.53. The highest BCUT2D eigenvalue weighted by molar-refractivity contribution is 7.21. The number of benzene rings is 3. The Balaban J connectivity index is 1.62. The molecule has 1 heterocycles. The average Bonchev–Trinajstić information content (AvgIpc) is 3.26. The maximum Gasteiger partial charge on any atom is 0.271 e. The zero-order valence-electron chi connectivity index (χ0n) is 17.5. The summed E-state index contributed by atoms with van der Waals surface area (Å²) in [6.07, 6.45) is 0. The number of azo groups is 1. The van der Waals surface area contributed by atoms with Crippen LogP contribution in [0.3, 0.4) is 0 Å². The van der Waals surface area contributed by atoms with Crippen molar-refractivity contribution < 1.29 is 14.5 Å². The summed E-state index contributed by atoms with van der Waals surface area (Å²) in [4.78, 5) is 27.2. The van der Waals surface area contributed by atoms with E-state index in [2.05, 4.69) is 25.7 Å². The molecule has 0 radical (unpaired) electrons. The second kappa shape index (κ2) is 10.1. The Kier molecular flexibility index (Phi) is 6.85. The first-order valence-electron chi connectivity index (χ1n) is 9.68. The van der Waals surface area contributed by atoms with E-state index in [1.54, 1.807) is 37.4 Å². The second-order valence-electron chi connectivity index (χ2n) is 6.69. The van der Waals surface area contributed by atoms with Gasteiger partial charge in [0.15, 0.2) is 0 Å². The van der Waals surface area contributed by atoms with Gasteiger partial charge in [-0.2, -0.15) is 0 Å². The van der Waals surface area contributed by atoms with E-state index in [0.717, 1.165) is 10.2 Å². The molecular weight excluding hydrogens is 480 g/mol. The minimum atomic E-state index is -0.582. The number of non-ortho nitro benzene ring substituents is 1. The van der Waals surface area contributed by atoms with E-state index in [0.29, 0.717) is 21.5 Å². The number of hydrogen-bond donors (Lipinski definition) is 1. The van der Waals surface area contributed by atoms with Crippen molar-refractivity contribution >= 4 is 55.7 Å². The molecule has 1 N–H and O–H groups in total. The van der Waals surface area contributed by atoms with Crippen LogP contribution < -0.4 is 10.2 Å². The third-order valence-corrected chi connectivity index (χ3v) is 5.77. The monoisotopic (exact) mass is 494 g/mol. The Labute approximate surface area is 201 Å². The number of amides is 1. The van der Waals surface area contributed by atoms with Crippen LogP contribution in [-0.2, 0) is 0 Å². The molecule has 1 amide bonds. The summed E-state index contributed by atoms with van der Waals surface area (Å²) in [6, 6.07) is 17.4. The predicted octanol–water partition coefficient (Wildman–Crippen LogP) is 5.74. The standard InChI is InChI=1S/C22H15ClN6O4S/c1-33-15-10-11-18-19(12-15)34-22(24-18)28-26-20(16-4-2-3-5-17(16)23)25-27-21(30)13-6-8-14(9-7-13)29(31)32/h2-12H,1H3,(H,27,30)/b25-20+,28-26?. The molecule has 0 unspecified atom stereocenters. The van der Waals surface area contributed by atoms with E-state index in [9.17, 15) is 14.9 Å². The molecule has 34 heavy (non-hydrogen) atoms. The first-order chi connectivity index (χ1) is 16.4. The fourth-order valence-electron chi connectivity index (χ4n) is 2.83. The van der Waals surface area contributed by atoms with Gasteiger partial charge in [-0.05, 0) is 42.5 Å². The summed E-state index contributed by atoms with van der Waals surface area (Å²) in [5.74, 6) is 0.173. The molecule has 1 aromatic heterocycles. The highest BCUT2D eigenvalue weighted by Gasteiger charge is 2.12. The van der Waals surface area contributed by atoms with Crippen LogP contribution in [0.4, 0.5) is 10.8 Å². The predicted molar refractivity (Wildman–Crippen MR) is 129 cm³/mol. The largest absolute Gasteiger partial charge is 0.497 e. The van der Waals surface area contributed by atoms with Crippen LogP contribution >= 0.6 is 22.9 Å². The number of hydrazone groups is 1. The highest BCUT2D eigenvalue weighted by Crippen LogP contribution is 2.31. The number of rotatable bonds is 6. The van der Waals surface area contributed by atoms with Crippen molar-refractivity contribution in [2.24, 2.45) is 15.3 Å². The van der Waals surface area contributed by atoms with Gasteiger partial charge in [0, 0.05) is 23.3 Å². The number of amidine groups is 1. The number of nitrogens with one attached hydrogen (secondary N) is 1. The van der Waals surface area contributed by atoms with Crippen molar-refractivity contribution in [2.75, 3.05) is 7.11 Å². The number of halogens is 1. The number of hydrogen-bond acceptors (Lipinski definition) is 8. The molecule has 0 fully saturated rings. The first kappa shape index (κ1) is 23.0. The number of methoxy groups -OCH3 is 1. The molecule has 0 aliphatic rings. The van der Waals surface area contributed by atoms with Gasteiger partial charge in [-0.25, -0.2) is 10.4 Å². The van der Waals surface area contributed by atoms with Gasteiger partial charge in [-0.3, -0.25) is 14.9 Å². The van der Waals surface area contributed by atoms with Gasteiger partial charge in [0.25, 0.3) is 11.6 Å². The minimum Gasteiger partial charge on any atom is -0.497 e. The van der Waals surface area contributed by atoms with Crippen molar-refractivity contribution in [3.8, 4) is 5.75 Å². The van der Waals surface area contributed by atoms with Crippen LogP contribution in [0.2, 0.25) is 5.02 Å². The minimum absolute atomic E-state index is 0.0534. The van der Waals surface area contributed by atoms with Crippen molar-refractivity contribution in [2.45, 2.75) is 0 Å². The molecule has 0 spiro atoms. The van der Waals surface area contributed by atoms with E-state index in [1.165, 1.54) is 35.6 Å². The Bertz CT molecular complexity index is 1440. The van der Waals surface area contributed by atoms with Gasteiger partial charge < -0.3 is 4.74 Å². The lowest BCUT2D eigenvalue weighted by Gasteiger charge is -2.04. The lowest BCUT2D eigenvalue weighted by Crippen LogP contribution is -2.19. The van der Waals surface area contributed by atoms with Crippen LogP contribution in [0.5, 0.6) is 5.75 Å². The number of nitro groups is 1. The van der Waals surface area contributed by atoms with Crippen molar-refractivity contribution in [1.82, 2.24) is 10.4 Å². The number of fused-ring (bicyclic) bond motifs is 1. The number of aromatic nitrogens is 1. The van der Waals surface area contributed by atoms with Gasteiger partial charge in [0.1, 0.15) is 5.75 Å². The quantitative estimate of drug-likeness (QED) is 0.120. The lowest BCUT2D eigenvalue weighted by molar-refractivity contribution is -0.384. The van der Waals surface area contributed by atoms with E-state index in [-0.39, 0.29) is 17.1 Å². The molecule has 10 nitrogen and oxygen atoms in total. The number of thiazole rings is 1. The fourth-order valence-corrected chi connectivity index (χ4v) is 3.87. The normalized spacial score (nSPS) is 11.6. The van der Waals surface area contributed by atoms with E-state index >= 15 is 0 Å². The van der Waals surface area contributed by atoms with Gasteiger partial charge in [0.05, 0.1) is 27.3 Å². The molecule has 0 bridgehead atoms. The van der Waals surface area contributed by atoms with Crippen molar-refractivity contribution in [3.63, 3.8) is 0 Å². The summed E-state index contributed by atoms with van der Waals surface area (Å²) in [6.45, 7) is 0. The zero-order valence-corrected chi connectivity index (χ0v) is 19.1.